The van der Waals surface area contributed by atoms with E-state index in [0.717, 1.165) is 43.4 Å². The average Bonchev–Trinajstić information content (AvgIpc) is 3.09. The molecule has 0 spiro atoms. The fourth-order valence-electron chi connectivity index (χ4n) is 9.05. The molecule has 4 rings (SSSR count). The van der Waals surface area contributed by atoms with E-state index in [9.17, 15) is 13.4 Å². The Morgan fingerprint density at radius 3 is 2.52 bits per heavy atom. The minimum absolute atomic E-state index is 0.0712. The molecule has 4 aliphatic rings. The van der Waals surface area contributed by atoms with Crippen molar-refractivity contribution in [2.24, 2.45) is 46.3 Å². The van der Waals surface area contributed by atoms with E-state index < -0.39 is 18.0 Å². The first-order valence-electron chi connectivity index (χ1n) is 12.5. The van der Waals surface area contributed by atoms with Gasteiger partial charge >= 0.3 is 11.4 Å². The van der Waals surface area contributed by atoms with Crippen LogP contribution in [0.3, 0.4) is 0 Å². The van der Waals surface area contributed by atoms with E-state index in [4.69, 9.17) is 8.74 Å². The molecule has 4 fully saturated rings. The molecule has 4 aliphatic carbocycles. The minimum Gasteiger partial charge on any atom is -0.297 e. The van der Waals surface area contributed by atoms with Gasteiger partial charge in [-0.05, 0) is 111 Å². The Morgan fingerprint density at radius 1 is 1.10 bits per heavy atom. The molecule has 0 radical (unpaired) electrons. The van der Waals surface area contributed by atoms with Crippen molar-refractivity contribution in [1.82, 2.24) is 0 Å². The van der Waals surface area contributed by atoms with Crippen LogP contribution in [0.25, 0.3) is 0 Å². The summed E-state index contributed by atoms with van der Waals surface area (Å²) in [5.41, 5.74) is 0.689. The number of carbonyl (C=O) groups excluding carboxylic acids is 1. The number of hydrogen-bond donors (Lipinski definition) is 1. The minimum atomic E-state index is -2.16. The zero-order valence-corrected chi connectivity index (χ0v) is 20.3. The maximum Gasteiger partial charge on any atom is 0.302 e. The summed E-state index contributed by atoms with van der Waals surface area (Å²) in [6, 6.07) is 0. The Kier molecular flexibility index (Phi) is 7.02. The average molecular weight is 457 g/mol. The number of carbonyl (C=O) groups is 1. The van der Waals surface area contributed by atoms with Crippen molar-refractivity contribution < 1.29 is 22.1 Å². The molecule has 0 aliphatic heterocycles. The quantitative estimate of drug-likeness (QED) is 0.469. The van der Waals surface area contributed by atoms with Gasteiger partial charge in [-0.2, -0.15) is 4.21 Å². The molecule has 0 aromatic carbocycles. The van der Waals surface area contributed by atoms with Crippen LogP contribution in [-0.4, -0.2) is 27.3 Å². The van der Waals surface area contributed by atoms with Gasteiger partial charge in [-0.15, -0.1) is 0 Å². The lowest BCUT2D eigenvalue weighted by Crippen LogP contribution is -2.54. The van der Waals surface area contributed by atoms with E-state index in [2.05, 4.69) is 20.8 Å². The van der Waals surface area contributed by atoms with Gasteiger partial charge in [-0.25, -0.2) is 4.39 Å². The van der Waals surface area contributed by atoms with E-state index in [1.165, 1.54) is 38.5 Å². The highest BCUT2D eigenvalue weighted by Crippen LogP contribution is 2.68. The van der Waals surface area contributed by atoms with Gasteiger partial charge in [0.1, 0.15) is 6.67 Å². The van der Waals surface area contributed by atoms with Crippen molar-refractivity contribution in [2.45, 2.75) is 97.5 Å². The van der Waals surface area contributed by atoms with Crippen molar-refractivity contribution in [2.75, 3.05) is 6.67 Å². The van der Waals surface area contributed by atoms with E-state index in [-0.39, 0.29) is 11.9 Å². The Morgan fingerprint density at radius 2 is 1.81 bits per heavy atom. The zero-order valence-electron chi connectivity index (χ0n) is 19.5. The van der Waals surface area contributed by atoms with Gasteiger partial charge in [0.25, 0.3) is 0 Å². The first-order valence-corrected chi connectivity index (χ1v) is 13.6. The lowest BCUT2D eigenvalue weighted by Gasteiger charge is -2.61. The number of rotatable bonds is 7. The topological polar surface area (TPSA) is 63.6 Å². The van der Waals surface area contributed by atoms with Crippen molar-refractivity contribution >= 4 is 17.1 Å². The van der Waals surface area contributed by atoms with Crippen LogP contribution in [0.1, 0.15) is 91.4 Å². The second-order valence-electron chi connectivity index (χ2n) is 11.8. The third-order valence-electron chi connectivity index (χ3n) is 10.6. The predicted molar refractivity (Wildman–Crippen MR) is 120 cm³/mol. The van der Waals surface area contributed by atoms with Crippen LogP contribution in [0.4, 0.5) is 4.39 Å². The largest absolute Gasteiger partial charge is 0.302 e. The molecule has 0 amide bonds. The van der Waals surface area contributed by atoms with E-state index in [1.54, 1.807) is 0 Å². The molecule has 0 bridgehead atoms. The smallest absolute Gasteiger partial charge is 0.297 e. The highest BCUT2D eigenvalue weighted by Gasteiger charge is 2.60. The van der Waals surface area contributed by atoms with Gasteiger partial charge < -0.3 is 0 Å². The van der Waals surface area contributed by atoms with Crippen molar-refractivity contribution in [3.05, 3.63) is 0 Å². The molecule has 4 nitrogen and oxygen atoms in total. The molecule has 178 valence electrons. The summed E-state index contributed by atoms with van der Waals surface area (Å²) in [5, 5.41) is 0. The SMILES string of the molecule is C[C@H](CCC(=O)CF)[C@H]1CC[C@H]2[C@@H]3CC[C@@H]4C[C@H](OS(=O)O)CC[C@]4(C)[C@H]3CC[C@]12C. The molecule has 6 heteroatoms. The first kappa shape index (κ1) is 23.8. The fraction of sp³-hybridized carbons (Fsp3) is 0.960. The summed E-state index contributed by atoms with van der Waals surface area (Å²) < 4.78 is 38.2. The van der Waals surface area contributed by atoms with Crippen LogP contribution in [0.2, 0.25) is 0 Å². The molecular weight excluding hydrogens is 415 g/mol. The van der Waals surface area contributed by atoms with Crippen LogP contribution in [0.5, 0.6) is 0 Å². The van der Waals surface area contributed by atoms with Gasteiger partial charge in [0.05, 0.1) is 6.10 Å². The number of ketones is 1. The summed E-state index contributed by atoms with van der Waals surface area (Å²) >= 11 is -2.16. The van der Waals surface area contributed by atoms with Crippen molar-refractivity contribution in [3.8, 4) is 0 Å². The van der Waals surface area contributed by atoms with Gasteiger partial charge in [0.15, 0.2) is 5.78 Å². The van der Waals surface area contributed by atoms with Crippen LogP contribution in [-0.2, 0) is 20.3 Å². The Bertz CT molecular complexity index is 701. The highest BCUT2D eigenvalue weighted by atomic mass is 32.2. The molecule has 0 saturated heterocycles. The third kappa shape index (κ3) is 4.30. The second kappa shape index (κ2) is 9.13. The summed E-state index contributed by atoms with van der Waals surface area (Å²) in [7, 11) is 0. The highest BCUT2D eigenvalue weighted by molar-refractivity contribution is 7.74. The maximum absolute atomic E-state index is 12.6. The van der Waals surface area contributed by atoms with Gasteiger partial charge in [-0.1, -0.05) is 20.8 Å². The summed E-state index contributed by atoms with van der Waals surface area (Å²) in [4.78, 5) is 11.5. The van der Waals surface area contributed by atoms with Gasteiger partial charge in [0, 0.05) is 6.42 Å². The summed E-state index contributed by atoms with van der Waals surface area (Å²) in [5.74, 6) is 3.81. The van der Waals surface area contributed by atoms with E-state index >= 15 is 0 Å². The first-order chi connectivity index (χ1) is 14.7. The lowest BCUT2D eigenvalue weighted by atomic mass is 9.44. The van der Waals surface area contributed by atoms with Crippen LogP contribution in [0, 0.1) is 46.3 Å². The Hall–Kier alpha value is -0.330. The molecular formula is C25H41FO4S. The molecule has 0 aromatic heterocycles. The second-order valence-corrected chi connectivity index (χ2v) is 12.4. The molecule has 10 atom stereocenters. The molecule has 1 N–H and O–H groups in total. The van der Waals surface area contributed by atoms with Gasteiger partial charge in [-0.3, -0.25) is 13.5 Å². The predicted octanol–water partition coefficient (Wildman–Crippen LogP) is 6.12. The number of hydrogen-bond acceptors (Lipinski definition) is 3. The summed E-state index contributed by atoms with van der Waals surface area (Å²) in [6.07, 6.45) is 11.7. The normalized spacial score (nSPS) is 46.5. The Labute approximate surface area is 190 Å². The molecule has 0 aromatic rings. The summed E-state index contributed by atoms with van der Waals surface area (Å²) in [6.45, 7) is 6.50. The lowest BCUT2D eigenvalue weighted by molar-refractivity contribution is -0.127. The van der Waals surface area contributed by atoms with E-state index in [1.807, 2.05) is 0 Å². The number of alkyl halides is 1. The molecule has 31 heavy (non-hydrogen) atoms. The molecule has 4 saturated carbocycles. The van der Waals surface area contributed by atoms with Gasteiger partial charge in [0.2, 0.25) is 0 Å². The Balaban J connectivity index is 1.45. The van der Waals surface area contributed by atoms with Crippen LogP contribution < -0.4 is 0 Å². The monoisotopic (exact) mass is 456 g/mol. The van der Waals surface area contributed by atoms with E-state index in [0.29, 0.717) is 35.0 Å². The molecule has 1 unspecified atom stereocenters. The number of fused-ring (bicyclic) bond motifs is 5. The van der Waals surface area contributed by atoms with Crippen molar-refractivity contribution in [3.63, 3.8) is 0 Å². The standard InChI is InChI=1S/C25H41FO4S/c1-16(4-6-18(27)15-26)21-8-9-22-20-7-5-17-14-19(30-31(28)29)10-12-24(17,2)23(20)11-13-25(21,22)3/h16-17,19-23H,4-15H2,1-3H3,(H,28,29)/t16-,17-,19-,20+,21-,22+,23+,24+,25-/m1/s1. The molecule has 0 heterocycles. The number of halogens is 1. The number of Topliss-reactive ketones (excluding diaryl/α,β-unsaturated/α-hetero) is 1. The van der Waals surface area contributed by atoms with Crippen LogP contribution in [0.15, 0.2) is 0 Å². The third-order valence-corrected chi connectivity index (χ3v) is 11.1. The van der Waals surface area contributed by atoms with Crippen molar-refractivity contribution in [1.29, 1.82) is 0 Å². The maximum atomic E-state index is 12.6. The zero-order chi connectivity index (χ0) is 22.4. The fourth-order valence-corrected chi connectivity index (χ4v) is 9.46. The van der Waals surface area contributed by atoms with Crippen LogP contribution >= 0.6 is 0 Å².